The fourth-order valence-electron chi connectivity index (χ4n) is 4.17. The van der Waals surface area contributed by atoms with E-state index < -0.39 is 5.54 Å². The second-order valence-electron chi connectivity index (χ2n) is 7.85. The van der Waals surface area contributed by atoms with Gasteiger partial charge in [0.2, 0.25) is 5.91 Å². The van der Waals surface area contributed by atoms with E-state index in [1.54, 1.807) is 7.11 Å². The Morgan fingerprint density at radius 1 is 1.31 bits per heavy atom. The zero-order valence-corrected chi connectivity index (χ0v) is 17.0. The smallest absolute Gasteiger partial charge is 0.243 e. The number of halogens is 1. The lowest BCUT2D eigenvalue weighted by Crippen LogP contribution is -2.75. The maximum atomic E-state index is 13.1. The molecule has 1 saturated heterocycles. The lowest BCUT2D eigenvalue weighted by Gasteiger charge is -2.58. The first-order valence-electron chi connectivity index (χ1n) is 9.17. The van der Waals surface area contributed by atoms with Gasteiger partial charge < -0.3 is 20.1 Å². The van der Waals surface area contributed by atoms with Gasteiger partial charge in [-0.3, -0.25) is 4.79 Å². The monoisotopic (exact) mass is 382 g/mol. The van der Waals surface area contributed by atoms with Crippen LogP contribution in [0.2, 0.25) is 0 Å². The number of nitrogens with two attached hydrogens (primary N) is 1. The molecule has 3 atom stereocenters. The molecule has 0 aromatic heterocycles. The first-order valence-corrected chi connectivity index (χ1v) is 9.17. The van der Waals surface area contributed by atoms with Crippen molar-refractivity contribution in [2.75, 3.05) is 26.8 Å². The number of carbonyl (C=O) groups is 1. The largest absolute Gasteiger partial charge is 0.497 e. The van der Waals surface area contributed by atoms with E-state index in [4.69, 9.17) is 15.2 Å². The number of likely N-dealkylation sites (tertiary alicyclic amines) is 1. The fraction of sp³-hybridized carbons (Fsp3) is 0.650. The molecule has 146 valence electrons. The molecule has 0 spiro atoms. The van der Waals surface area contributed by atoms with Gasteiger partial charge in [0.25, 0.3) is 0 Å². The van der Waals surface area contributed by atoms with Crippen molar-refractivity contribution >= 4 is 18.3 Å². The van der Waals surface area contributed by atoms with Crippen LogP contribution in [0.3, 0.4) is 0 Å². The van der Waals surface area contributed by atoms with E-state index in [-0.39, 0.29) is 29.8 Å². The van der Waals surface area contributed by atoms with Crippen molar-refractivity contribution in [3.63, 3.8) is 0 Å². The van der Waals surface area contributed by atoms with E-state index in [2.05, 4.69) is 12.1 Å². The molecule has 2 aliphatic rings. The minimum Gasteiger partial charge on any atom is -0.497 e. The van der Waals surface area contributed by atoms with Gasteiger partial charge in [-0.2, -0.15) is 0 Å². The van der Waals surface area contributed by atoms with Crippen LogP contribution in [-0.4, -0.2) is 49.3 Å². The van der Waals surface area contributed by atoms with Gasteiger partial charge in [0, 0.05) is 37.5 Å². The number of nitrogens with zero attached hydrogens (tertiary/aromatic N) is 1. The molecule has 0 bridgehead atoms. The number of benzene rings is 1. The Hall–Kier alpha value is -1.30. The molecule has 3 rings (SSSR count). The van der Waals surface area contributed by atoms with Crippen molar-refractivity contribution in [1.82, 2.24) is 4.90 Å². The molecule has 3 unspecified atom stereocenters. The molecule has 2 N–H and O–H groups in total. The van der Waals surface area contributed by atoms with Crippen LogP contribution in [0.4, 0.5) is 0 Å². The topological polar surface area (TPSA) is 64.8 Å². The van der Waals surface area contributed by atoms with E-state index in [0.717, 1.165) is 25.3 Å². The summed E-state index contributed by atoms with van der Waals surface area (Å²) in [5.41, 5.74) is 6.66. The van der Waals surface area contributed by atoms with Crippen LogP contribution in [0.5, 0.6) is 5.75 Å². The Labute approximate surface area is 162 Å². The highest BCUT2D eigenvalue weighted by molar-refractivity contribution is 5.89. The third kappa shape index (κ3) is 3.32. The third-order valence-corrected chi connectivity index (χ3v) is 6.27. The van der Waals surface area contributed by atoms with E-state index in [9.17, 15) is 4.79 Å². The molecular formula is C20H31ClN2O3. The molecule has 5 nitrogen and oxygen atoms in total. The standard InChI is InChI=1S/C20H30N2O3.ClH/c1-5-25-17-12-20(21,19(17,2)3)18(23)22-11-10-15(13-22)14-6-8-16(24-4)9-7-14;/h6-9,15,17H,5,10-13,21H2,1-4H3;1H. The van der Waals surface area contributed by atoms with Gasteiger partial charge in [0.05, 0.1) is 13.2 Å². The van der Waals surface area contributed by atoms with Gasteiger partial charge in [0.1, 0.15) is 11.3 Å². The van der Waals surface area contributed by atoms with Crippen molar-refractivity contribution in [2.24, 2.45) is 11.1 Å². The summed E-state index contributed by atoms with van der Waals surface area (Å²) < 4.78 is 11.0. The van der Waals surface area contributed by atoms with E-state index in [0.29, 0.717) is 18.9 Å². The van der Waals surface area contributed by atoms with Gasteiger partial charge in [-0.05, 0) is 31.0 Å². The van der Waals surface area contributed by atoms with Gasteiger partial charge >= 0.3 is 0 Å². The SMILES string of the molecule is CCOC1CC(N)(C(=O)N2CCC(c3ccc(OC)cc3)C2)C1(C)C.Cl. The van der Waals surface area contributed by atoms with Crippen LogP contribution in [0.1, 0.15) is 45.1 Å². The summed E-state index contributed by atoms with van der Waals surface area (Å²) in [7, 11) is 1.67. The zero-order chi connectivity index (χ0) is 18.2. The molecule has 26 heavy (non-hydrogen) atoms. The normalized spacial score (nSPS) is 29.7. The van der Waals surface area contributed by atoms with Crippen molar-refractivity contribution in [1.29, 1.82) is 0 Å². The minimum atomic E-state index is -0.818. The Morgan fingerprint density at radius 2 is 1.96 bits per heavy atom. The van der Waals surface area contributed by atoms with Crippen molar-refractivity contribution in [3.05, 3.63) is 29.8 Å². The summed E-state index contributed by atoms with van der Waals surface area (Å²) in [5.74, 6) is 1.29. The third-order valence-electron chi connectivity index (χ3n) is 6.27. The maximum Gasteiger partial charge on any atom is 0.243 e. The molecule has 2 fully saturated rings. The Kier molecular flexibility index (Phi) is 6.26. The lowest BCUT2D eigenvalue weighted by molar-refractivity contribution is -0.178. The number of carbonyl (C=O) groups excluding carboxylic acids is 1. The van der Waals surface area contributed by atoms with Gasteiger partial charge in [-0.25, -0.2) is 0 Å². The molecule has 1 aliphatic carbocycles. The van der Waals surface area contributed by atoms with Crippen molar-refractivity contribution in [2.45, 2.75) is 51.2 Å². The first-order chi connectivity index (χ1) is 11.8. The molecule has 1 saturated carbocycles. The van der Waals surface area contributed by atoms with Crippen molar-refractivity contribution in [3.8, 4) is 5.75 Å². The highest BCUT2D eigenvalue weighted by Gasteiger charge is 2.64. The average Bonchev–Trinajstić information content (AvgIpc) is 3.10. The first kappa shape index (κ1) is 21.0. The van der Waals surface area contributed by atoms with Crippen LogP contribution in [0, 0.1) is 5.41 Å². The molecule has 0 radical (unpaired) electrons. The van der Waals surface area contributed by atoms with Crippen LogP contribution in [0.15, 0.2) is 24.3 Å². The second-order valence-corrected chi connectivity index (χ2v) is 7.85. The summed E-state index contributed by atoms with van der Waals surface area (Å²) in [4.78, 5) is 15.1. The minimum absolute atomic E-state index is 0. The quantitative estimate of drug-likeness (QED) is 0.850. The Bertz CT molecular complexity index is 634. The predicted octanol–water partition coefficient (Wildman–Crippen LogP) is 2.97. The fourth-order valence-corrected chi connectivity index (χ4v) is 4.17. The summed E-state index contributed by atoms with van der Waals surface area (Å²) in [6, 6.07) is 8.14. The van der Waals surface area contributed by atoms with Gasteiger partial charge in [-0.15, -0.1) is 12.4 Å². The number of hydrogen-bond acceptors (Lipinski definition) is 4. The molecular weight excluding hydrogens is 352 g/mol. The Balaban J connectivity index is 0.00000243. The van der Waals surface area contributed by atoms with Crippen LogP contribution in [0.25, 0.3) is 0 Å². The highest BCUT2D eigenvalue weighted by Crippen LogP contribution is 2.51. The van der Waals surface area contributed by atoms with Gasteiger partial charge in [-0.1, -0.05) is 26.0 Å². The number of hydrogen-bond donors (Lipinski definition) is 1. The number of rotatable bonds is 5. The number of ether oxygens (including phenoxy) is 2. The van der Waals surface area contributed by atoms with Gasteiger partial charge in [0.15, 0.2) is 0 Å². The number of methoxy groups -OCH3 is 1. The summed E-state index contributed by atoms with van der Waals surface area (Å²) >= 11 is 0. The lowest BCUT2D eigenvalue weighted by atomic mass is 9.54. The summed E-state index contributed by atoms with van der Waals surface area (Å²) in [5, 5.41) is 0. The molecule has 6 heteroatoms. The Morgan fingerprint density at radius 3 is 2.50 bits per heavy atom. The predicted molar refractivity (Wildman–Crippen MR) is 105 cm³/mol. The highest BCUT2D eigenvalue weighted by atomic mass is 35.5. The molecule has 1 aromatic rings. The molecule has 1 aromatic carbocycles. The van der Waals surface area contributed by atoms with E-state index in [1.165, 1.54) is 5.56 Å². The summed E-state index contributed by atoms with van der Waals surface area (Å²) in [6.45, 7) is 8.23. The molecule has 1 aliphatic heterocycles. The molecule has 1 amide bonds. The van der Waals surface area contributed by atoms with E-state index in [1.807, 2.05) is 37.8 Å². The number of amides is 1. The second kappa shape index (κ2) is 7.75. The van der Waals surface area contributed by atoms with Crippen LogP contribution < -0.4 is 10.5 Å². The maximum absolute atomic E-state index is 13.1. The summed E-state index contributed by atoms with van der Waals surface area (Å²) in [6.07, 6.45) is 1.64. The van der Waals surface area contributed by atoms with E-state index >= 15 is 0 Å². The van der Waals surface area contributed by atoms with Crippen LogP contribution in [-0.2, 0) is 9.53 Å². The molecule has 1 heterocycles. The zero-order valence-electron chi connectivity index (χ0n) is 16.2. The average molecular weight is 383 g/mol. The van der Waals surface area contributed by atoms with Crippen LogP contribution >= 0.6 is 12.4 Å². The van der Waals surface area contributed by atoms with Crippen molar-refractivity contribution < 1.29 is 14.3 Å².